The van der Waals surface area contributed by atoms with Crippen molar-refractivity contribution in [3.05, 3.63) is 54.1 Å². The number of ether oxygens (including phenoxy) is 2. The molecule has 25 heavy (non-hydrogen) atoms. The normalized spacial score (nSPS) is 18.1. The van der Waals surface area contributed by atoms with E-state index < -0.39 is 6.17 Å². The number of nitrogens with zero attached hydrogens (tertiary/aromatic N) is 1. The third-order valence-corrected chi connectivity index (χ3v) is 4.64. The Hall–Kier alpha value is -2.27. The molecule has 0 aliphatic carbocycles. The number of halogens is 1. The second-order valence-corrected chi connectivity index (χ2v) is 6.68. The summed E-state index contributed by atoms with van der Waals surface area (Å²) in [6.45, 7) is 3.01. The number of benzene rings is 2. The van der Waals surface area contributed by atoms with Gasteiger partial charge in [-0.2, -0.15) is 0 Å². The van der Waals surface area contributed by atoms with E-state index in [1.54, 1.807) is 0 Å². The smallest absolute Gasteiger partial charge is 0.147 e. The highest BCUT2D eigenvalue weighted by Crippen LogP contribution is 2.28. The molecule has 0 spiro atoms. The molecule has 132 valence electrons. The first-order chi connectivity index (χ1) is 12.3. The molecule has 1 N–H and O–H groups in total. The van der Waals surface area contributed by atoms with Gasteiger partial charge in [-0.05, 0) is 42.3 Å². The fraction of sp³-hybridized carbons (Fsp3) is 0.400. The zero-order valence-corrected chi connectivity index (χ0v) is 14.2. The van der Waals surface area contributed by atoms with E-state index in [1.165, 1.54) is 11.3 Å². The van der Waals surface area contributed by atoms with Crippen molar-refractivity contribution in [1.82, 2.24) is 4.90 Å². The van der Waals surface area contributed by atoms with E-state index in [9.17, 15) is 4.39 Å². The van der Waals surface area contributed by atoms with E-state index in [0.29, 0.717) is 12.3 Å². The topological polar surface area (TPSA) is 33.7 Å². The predicted molar refractivity (Wildman–Crippen MR) is 96.3 cm³/mol. The molecule has 2 aliphatic rings. The van der Waals surface area contributed by atoms with Crippen LogP contribution in [-0.4, -0.2) is 50.0 Å². The summed E-state index contributed by atoms with van der Waals surface area (Å²) in [5.74, 6) is 1.62. The molecule has 1 fully saturated rings. The number of hydrogen-bond donors (Lipinski definition) is 1. The summed E-state index contributed by atoms with van der Waals surface area (Å²) in [7, 11) is 0. The first kappa shape index (κ1) is 16.2. The van der Waals surface area contributed by atoms with Crippen molar-refractivity contribution in [3.8, 4) is 11.5 Å². The van der Waals surface area contributed by atoms with Crippen LogP contribution in [-0.2, 0) is 6.42 Å². The highest BCUT2D eigenvalue weighted by molar-refractivity contribution is 5.57. The van der Waals surface area contributed by atoms with Crippen molar-refractivity contribution in [1.29, 1.82) is 0 Å². The number of anilines is 1. The van der Waals surface area contributed by atoms with Crippen molar-refractivity contribution < 1.29 is 13.9 Å². The SMILES string of the molecule is FC(COc1ccccc1)CN1CC(Oc2ccc3c(c2)CCN3)C1. The molecule has 0 aromatic heterocycles. The maximum Gasteiger partial charge on any atom is 0.147 e. The number of para-hydroxylation sites is 1. The molecule has 2 aromatic carbocycles. The van der Waals surface area contributed by atoms with E-state index in [0.717, 1.165) is 31.8 Å². The standard InChI is InChI=1S/C20H23FN2O2/c21-16(14-24-17-4-2-1-3-5-17)11-23-12-19(13-23)25-18-6-7-20-15(10-18)8-9-22-20/h1-7,10,16,19,22H,8-9,11-14H2. The lowest BCUT2D eigenvalue weighted by Crippen LogP contribution is -2.55. The second-order valence-electron chi connectivity index (χ2n) is 6.68. The summed E-state index contributed by atoms with van der Waals surface area (Å²) >= 11 is 0. The second kappa shape index (κ2) is 7.31. The first-order valence-corrected chi connectivity index (χ1v) is 8.84. The van der Waals surface area contributed by atoms with Crippen LogP contribution in [0.5, 0.6) is 11.5 Å². The molecule has 2 aliphatic heterocycles. The van der Waals surface area contributed by atoms with Crippen LogP contribution in [0.15, 0.2) is 48.5 Å². The van der Waals surface area contributed by atoms with Gasteiger partial charge in [0.1, 0.15) is 30.4 Å². The average molecular weight is 342 g/mol. The minimum atomic E-state index is -0.993. The molecule has 1 atom stereocenters. The summed E-state index contributed by atoms with van der Waals surface area (Å²) in [5, 5.41) is 3.34. The van der Waals surface area contributed by atoms with Gasteiger partial charge in [0, 0.05) is 31.9 Å². The van der Waals surface area contributed by atoms with Crippen LogP contribution in [0.3, 0.4) is 0 Å². The fourth-order valence-electron chi connectivity index (χ4n) is 3.33. The van der Waals surface area contributed by atoms with Crippen molar-refractivity contribution in [2.75, 3.05) is 38.1 Å². The average Bonchev–Trinajstić information content (AvgIpc) is 3.07. The molecule has 0 bridgehead atoms. The Bertz CT molecular complexity index is 704. The Labute approximate surface area is 147 Å². The molecule has 1 saturated heterocycles. The van der Waals surface area contributed by atoms with E-state index >= 15 is 0 Å². The van der Waals surface area contributed by atoms with E-state index in [2.05, 4.69) is 22.3 Å². The van der Waals surface area contributed by atoms with E-state index in [4.69, 9.17) is 9.47 Å². The molecule has 0 saturated carbocycles. The Morgan fingerprint density at radius 2 is 1.96 bits per heavy atom. The van der Waals surface area contributed by atoms with Gasteiger partial charge in [0.05, 0.1) is 0 Å². The molecule has 2 heterocycles. The third-order valence-electron chi connectivity index (χ3n) is 4.64. The molecule has 4 rings (SSSR count). The lowest BCUT2D eigenvalue weighted by molar-refractivity contribution is 0.000177. The van der Waals surface area contributed by atoms with Gasteiger partial charge in [-0.25, -0.2) is 4.39 Å². The molecule has 0 amide bonds. The Balaban J connectivity index is 1.17. The molecule has 1 unspecified atom stereocenters. The zero-order valence-electron chi connectivity index (χ0n) is 14.2. The third kappa shape index (κ3) is 4.04. The van der Waals surface area contributed by atoms with Crippen molar-refractivity contribution in [2.45, 2.75) is 18.7 Å². The summed E-state index contributed by atoms with van der Waals surface area (Å²) < 4.78 is 25.5. The quantitative estimate of drug-likeness (QED) is 0.838. The summed E-state index contributed by atoms with van der Waals surface area (Å²) in [4.78, 5) is 2.07. The van der Waals surface area contributed by atoms with Gasteiger partial charge in [0.15, 0.2) is 0 Å². The van der Waals surface area contributed by atoms with Crippen LogP contribution in [0.25, 0.3) is 0 Å². The lowest BCUT2D eigenvalue weighted by Gasteiger charge is -2.39. The van der Waals surface area contributed by atoms with E-state index in [-0.39, 0.29) is 12.7 Å². The summed E-state index contributed by atoms with van der Waals surface area (Å²) in [5.41, 5.74) is 2.52. The number of alkyl halides is 1. The lowest BCUT2D eigenvalue weighted by atomic mass is 10.1. The number of fused-ring (bicyclic) bond motifs is 1. The highest BCUT2D eigenvalue weighted by atomic mass is 19.1. The van der Waals surface area contributed by atoms with Gasteiger partial charge in [-0.3, -0.25) is 4.90 Å². The first-order valence-electron chi connectivity index (χ1n) is 8.84. The number of rotatable bonds is 7. The molecule has 4 nitrogen and oxygen atoms in total. The van der Waals surface area contributed by atoms with Gasteiger partial charge in [0.25, 0.3) is 0 Å². The van der Waals surface area contributed by atoms with Crippen molar-refractivity contribution in [3.63, 3.8) is 0 Å². The Kier molecular flexibility index (Phi) is 4.74. The minimum absolute atomic E-state index is 0.0872. The van der Waals surface area contributed by atoms with Gasteiger partial charge in [-0.1, -0.05) is 18.2 Å². The molecular weight excluding hydrogens is 319 g/mol. The summed E-state index contributed by atoms with van der Waals surface area (Å²) in [6, 6.07) is 15.6. The summed E-state index contributed by atoms with van der Waals surface area (Å²) in [6.07, 6.45) is 0.204. The maximum absolute atomic E-state index is 14.0. The molecule has 5 heteroatoms. The van der Waals surface area contributed by atoms with Gasteiger partial charge >= 0.3 is 0 Å². The number of nitrogens with one attached hydrogen (secondary N) is 1. The zero-order chi connectivity index (χ0) is 17.1. The molecule has 0 radical (unpaired) electrons. The largest absolute Gasteiger partial charge is 0.491 e. The fourth-order valence-corrected chi connectivity index (χ4v) is 3.33. The van der Waals surface area contributed by atoms with Crippen LogP contribution in [0, 0.1) is 0 Å². The van der Waals surface area contributed by atoms with Gasteiger partial charge in [-0.15, -0.1) is 0 Å². The van der Waals surface area contributed by atoms with Crippen LogP contribution in [0.1, 0.15) is 5.56 Å². The van der Waals surface area contributed by atoms with E-state index in [1.807, 2.05) is 36.4 Å². The van der Waals surface area contributed by atoms with Crippen LogP contribution in [0.2, 0.25) is 0 Å². The Morgan fingerprint density at radius 3 is 2.80 bits per heavy atom. The van der Waals surface area contributed by atoms with Crippen LogP contribution >= 0.6 is 0 Å². The molecule has 2 aromatic rings. The van der Waals surface area contributed by atoms with Crippen LogP contribution < -0.4 is 14.8 Å². The number of hydrogen-bond acceptors (Lipinski definition) is 4. The number of likely N-dealkylation sites (tertiary alicyclic amines) is 1. The molecular formula is C20H23FN2O2. The van der Waals surface area contributed by atoms with Crippen molar-refractivity contribution in [2.24, 2.45) is 0 Å². The minimum Gasteiger partial charge on any atom is -0.491 e. The highest BCUT2D eigenvalue weighted by Gasteiger charge is 2.30. The maximum atomic E-state index is 14.0. The van der Waals surface area contributed by atoms with Crippen LogP contribution in [0.4, 0.5) is 10.1 Å². The predicted octanol–water partition coefficient (Wildman–Crippen LogP) is 3.13. The van der Waals surface area contributed by atoms with Crippen molar-refractivity contribution >= 4 is 5.69 Å². The Morgan fingerprint density at radius 1 is 1.12 bits per heavy atom. The van der Waals surface area contributed by atoms with Gasteiger partial charge in [0.2, 0.25) is 0 Å². The monoisotopic (exact) mass is 342 g/mol. The van der Waals surface area contributed by atoms with Gasteiger partial charge < -0.3 is 14.8 Å².